The second kappa shape index (κ2) is 10.9. The van der Waals surface area contributed by atoms with Gasteiger partial charge in [0, 0.05) is 50.9 Å². The van der Waals surface area contributed by atoms with Gasteiger partial charge in [-0.25, -0.2) is 8.42 Å². The molecule has 1 saturated heterocycles. The predicted octanol–water partition coefficient (Wildman–Crippen LogP) is 2.49. The lowest BCUT2D eigenvalue weighted by atomic mass is 9.86. The predicted molar refractivity (Wildman–Crippen MR) is 123 cm³/mol. The van der Waals surface area contributed by atoms with Gasteiger partial charge in [0.05, 0.1) is 11.9 Å². The molecule has 7 nitrogen and oxygen atoms in total. The normalized spacial score (nSPS) is 26.3. The molecule has 2 fully saturated rings. The van der Waals surface area contributed by atoms with E-state index in [1.807, 2.05) is 37.3 Å². The summed E-state index contributed by atoms with van der Waals surface area (Å²) in [6.45, 7) is 4.82. The molecule has 0 aromatic heterocycles. The van der Waals surface area contributed by atoms with Crippen molar-refractivity contribution >= 4 is 15.9 Å². The van der Waals surface area contributed by atoms with E-state index in [9.17, 15) is 13.2 Å². The van der Waals surface area contributed by atoms with Gasteiger partial charge in [0.25, 0.3) is 5.91 Å². The van der Waals surface area contributed by atoms with Gasteiger partial charge in [0.1, 0.15) is 0 Å². The number of methoxy groups -OCH3 is 1. The molecule has 31 heavy (non-hydrogen) atoms. The summed E-state index contributed by atoms with van der Waals surface area (Å²) >= 11 is 0. The lowest BCUT2D eigenvalue weighted by molar-refractivity contribution is -0.00272. The van der Waals surface area contributed by atoms with Crippen molar-refractivity contribution < 1.29 is 17.9 Å². The number of hydrogen-bond acceptors (Lipinski definition) is 5. The summed E-state index contributed by atoms with van der Waals surface area (Å²) in [6.07, 6.45) is 5.82. The minimum absolute atomic E-state index is 0.0673. The molecule has 8 heteroatoms. The molecule has 3 rings (SSSR count). The van der Waals surface area contributed by atoms with Crippen molar-refractivity contribution in [3.05, 3.63) is 35.9 Å². The van der Waals surface area contributed by atoms with Crippen molar-refractivity contribution in [2.45, 2.75) is 57.1 Å². The fourth-order valence-electron chi connectivity index (χ4n) is 4.98. The lowest BCUT2D eigenvalue weighted by Crippen LogP contribution is -2.62. The second-order valence-electron chi connectivity index (χ2n) is 8.78. The number of rotatable bonds is 8. The molecule has 0 bridgehead atoms. The van der Waals surface area contributed by atoms with Crippen LogP contribution in [0.2, 0.25) is 0 Å². The maximum absolute atomic E-state index is 12.8. The molecular formula is C23H37N3O4S. The monoisotopic (exact) mass is 451 g/mol. The minimum atomic E-state index is -3.18. The van der Waals surface area contributed by atoms with Crippen LogP contribution in [-0.2, 0) is 14.8 Å². The van der Waals surface area contributed by atoms with Gasteiger partial charge < -0.3 is 10.1 Å². The Hall–Kier alpha value is -1.48. The standard InChI is InChI=1S/C23H37N3O4S/c1-3-17-31(28,29)26-15-13-25(14-16-26)23(12-8-7-11-21(18-23)30-2)19-24-22(27)20-9-5-4-6-10-20/h4-6,9-10,21H,3,7-8,11-19H2,1-2H3,(H,24,27). The van der Waals surface area contributed by atoms with Crippen molar-refractivity contribution in [1.29, 1.82) is 0 Å². The first-order chi connectivity index (χ1) is 14.9. The largest absolute Gasteiger partial charge is 0.381 e. The van der Waals surface area contributed by atoms with Crippen molar-refractivity contribution in [1.82, 2.24) is 14.5 Å². The van der Waals surface area contributed by atoms with E-state index in [-0.39, 0.29) is 23.3 Å². The highest BCUT2D eigenvalue weighted by Gasteiger charge is 2.42. The molecule has 174 valence electrons. The number of piperazine rings is 1. The summed E-state index contributed by atoms with van der Waals surface area (Å²) < 4.78 is 32.4. The van der Waals surface area contributed by atoms with Crippen LogP contribution >= 0.6 is 0 Å². The number of carbonyl (C=O) groups is 1. The third-order valence-corrected chi connectivity index (χ3v) is 8.81. The Morgan fingerprint density at radius 3 is 2.52 bits per heavy atom. The van der Waals surface area contributed by atoms with E-state index in [4.69, 9.17) is 4.74 Å². The van der Waals surface area contributed by atoms with E-state index in [1.165, 1.54) is 0 Å². The number of ether oxygens (including phenoxy) is 1. The Morgan fingerprint density at radius 2 is 1.87 bits per heavy atom. The highest BCUT2D eigenvalue weighted by atomic mass is 32.2. The Labute approximate surface area is 187 Å². The van der Waals surface area contributed by atoms with Gasteiger partial charge in [-0.05, 0) is 37.8 Å². The van der Waals surface area contributed by atoms with Gasteiger partial charge in [-0.2, -0.15) is 4.31 Å². The smallest absolute Gasteiger partial charge is 0.251 e. The van der Waals surface area contributed by atoms with E-state index < -0.39 is 10.0 Å². The number of nitrogens with one attached hydrogen (secondary N) is 1. The zero-order valence-electron chi connectivity index (χ0n) is 18.9. The van der Waals surface area contributed by atoms with E-state index in [2.05, 4.69) is 10.2 Å². The number of amides is 1. The number of nitrogens with zero attached hydrogens (tertiary/aromatic N) is 2. The van der Waals surface area contributed by atoms with Crippen LogP contribution in [0.1, 0.15) is 55.8 Å². The fourth-order valence-corrected chi connectivity index (χ4v) is 6.47. The molecule has 0 radical (unpaired) electrons. The lowest BCUT2D eigenvalue weighted by Gasteiger charge is -2.48. The Morgan fingerprint density at radius 1 is 1.16 bits per heavy atom. The van der Waals surface area contributed by atoms with Gasteiger partial charge >= 0.3 is 0 Å². The van der Waals surface area contributed by atoms with Crippen LogP contribution in [0.25, 0.3) is 0 Å². The molecule has 2 unspecified atom stereocenters. The van der Waals surface area contributed by atoms with E-state index >= 15 is 0 Å². The molecule has 1 saturated carbocycles. The van der Waals surface area contributed by atoms with E-state index in [1.54, 1.807) is 11.4 Å². The fraction of sp³-hybridized carbons (Fsp3) is 0.696. The first-order valence-electron chi connectivity index (χ1n) is 11.5. The maximum Gasteiger partial charge on any atom is 0.251 e. The average molecular weight is 452 g/mol. The molecule has 1 aliphatic carbocycles. The van der Waals surface area contributed by atoms with Crippen molar-refractivity contribution in [3.63, 3.8) is 0 Å². The molecule has 1 N–H and O–H groups in total. The SMILES string of the molecule is CCCS(=O)(=O)N1CCN(C2(CNC(=O)c3ccccc3)CCCCC(OC)C2)CC1. The van der Waals surface area contributed by atoms with Crippen LogP contribution in [0.5, 0.6) is 0 Å². The number of benzene rings is 1. The van der Waals surface area contributed by atoms with Crippen LogP contribution in [-0.4, -0.2) is 80.8 Å². The van der Waals surface area contributed by atoms with E-state index in [0.29, 0.717) is 44.7 Å². The summed E-state index contributed by atoms with van der Waals surface area (Å²) in [7, 11) is -1.42. The van der Waals surface area contributed by atoms with Gasteiger partial charge in [0.15, 0.2) is 0 Å². The van der Waals surface area contributed by atoms with Gasteiger partial charge in [-0.3, -0.25) is 9.69 Å². The van der Waals surface area contributed by atoms with Crippen molar-refractivity contribution in [3.8, 4) is 0 Å². The molecular weight excluding hydrogens is 414 g/mol. The Kier molecular flexibility index (Phi) is 8.50. The second-order valence-corrected chi connectivity index (χ2v) is 10.9. The summed E-state index contributed by atoms with van der Waals surface area (Å²) in [5.74, 6) is 0.138. The number of carbonyl (C=O) groups excluding carboxylic acids is 1. The highest BCUT2D eigenvalue weighted by Crippen LogP contribution is 2.34. The van der Waals surface area contributed by atoms with Gasteiger partial charge in [-0.1, -0.05) is 38.0 Å². The molecule has 2 aliphatic rings. The molecule has 1 aliphatic heterocycles. The van der Waals surface area contributed by atoms with Crippen LogP contribution in [0.15, 0.2) is 30.3 Å². The molecule has 0 spiro atoms. The number of hydrogen-bond donors (Lipinski definition) is 1. The summed E-state index contributed by atoms with van der Waals surface area (Å²) in [5, 5.41) is 3.17. The molecule has 1 amide bonds. The molecule has 1 aromatic carbocycles. The van der Waals surface area contributed by atoms with Crippen LogP contribution < -0.4 is 5.32 Å². The number of sulfonamides is 1. The van der Waals surface area contributed by atoms with E-state index in [0.717, 1.165) is 32.1 Å². The molecule has 1 aromatic rings. The quantitative estimate of drug-likeness (QED) is 0.615. The maximum atomic E-state index is 12.8. The van der Waals surface area contributed by atoms with Gasteiger partial charge in [0.2, 0.25) is 10.0 Å². The van der Waals surface area contributed by atoms with Crippen molar-refractivity contribution in [2.75, 3.05) is 45.6 Å². The average Bonchev–Trinajstić information content (AvgIpc) is 3.01. The minimum Gasteiger partial charge on any atom is -0.381 e. The molecule has 2 atom stereocenters. The Bertz CT molecular complexity index is 809. The first-order valence-corrected chi connectivity index (χ1v) is 13.1. The van der Waals surface area contributed by atoms with Crippen LogP contribution in [0, 0.1) is 0 Å². The highest BCUT2D eigenvalue weighted by molar-refractivity contribution is 7.89. The zero-order chi connectivity index (χ0) is 22.3. The first kappa shape index (κ1) is 24.2. The van der Waals surface area contributed by atoms with Gasteiger partial charge in [-0.15, -0.1) is 0 Å². The van der Waals surface area contributed by atoms with Crippen LogP contribution in [0.4, 0.5) is 0 Å². The van der Waals surface area contributed by atoms with Crippen LogP contribution in [0.3, 0.4) is 0 Å². The molecule has 1 heterocycles. The summed E-state index contributed by atoms with van der Waals surface area (Å²) in [5.41, 5.74) is 0.437. The van der Waals surface area contributed by atoms with Crippen molar-refractivity contribution in [2.24, 2.45) is 0 Å². The summed E-state index contributed by atoms with van der Waals surface area (Å²) in [4.78, 5) is 15.2. The zero-order valence-corrected chi connectivity index (χ0v) is 19.7. The Balaban J connectivity index is 1.74. The third kappa shape index (κ3) is 6.06. The third-order valence-electron chi connectivity index (χ3n) is 6.74. The topological polar surface area (TPSA) is 79.0 Å². The summed E-state index contributed by atoms with van der Waals surface area (Å²) in [6, 6.07) is 9.29.